The Morgan fingerprint density at radius 3 is 2.78 bits per heavy atom. The molecule has 2 amide bonds. The highest BCUT2D eigenvalue weighted by molar-refractivity contribution is 5.94. The van der Waals surface area contributed by atoms with Crippen LogP contribution in [0.25, 0.3) is 0 Å². The number of benzene rings is 1. The van der Waals surface area contributed by atoms with Gasteiger partial charge in [0.2, 0.25) is 5.91 Å². The molecule has 1 aromatic carbocycles. The van der Waals surface area contributed by atoms with Gasteiger partial charge in [-0.1, -0.05) is 17.7 Å². The summed E-state index contributed by atoms with van der Waals surface area (Å²) in [6.45, 7) is 6.84. The number of nitrogens with zero attached hydrogens (tertiary/aromatic N) is 3. The molecular weight excluding hydrogens is 340 g/mol. The van der Waals surface area contributed by atoms with Crippen molar-refractivity contribution >= 4 is 11.8 Å². The standard InChI is InChI=1S/C21H28N4O2/c1-3-24-14-12-22-20(24)18-5-4-13-25(15-18)19(26)10-11-23-21(27)17-8-6-16(2)7-9-17/h6-9,12,14,18H,3-5,10-11,13,15H2,1-2H3,(H,23,27). The average molecular weight is 368 g/mol. The minimum absolute atomic E-state index is 0.0958. The maximum Gasteiger partial charge on any atom is 0.251 e. The molecule has 6 nitrogen and oxygen atoms in total. The lowest BCUT2D eigenvalue weighted by atomic mass is 9.97. The second kappa shape index (κ2) is 8.84. The highest BCUT2D eigenvalue weighted by Gasteiger charge is 2.27. The number of aromatic nitrogens is 2. The van der Waals surface area contributed by atoms with Gasteiger partial charge >= 0.3 is 0 Å². The number of aryl methyl sites for hydroxylation is 2. The minimum atomic E-state index is -0.135. The number of likely N-dealkylation sites (tertiary alicyclic amines) is 1. The lowest BCUT2D eigenvalue weighted by molar-refractivity contribution is -0.132. The predicted octanol–water partition coefficient (Wildman–Crippen LogP) is 2.74. The van der Waals surface area contributed by atoms with E-state index in [0.29, 0.717) is 31.0 Å². The molecule has 144 valence electrons. The number of hydrogen-bond donors (Lipinski definition) is 1. The summed E-state index contributed by atoms with van der Waals surface area (Å²) in [6.07, 6.45) is 6.21. The number of nitrogens with one attached hydrogen (secondary N) is 1. The van der Waals surface area contributed by atoms with E-state index in [1.807, 2.05) is 36.4 Å². The van der Waals surface area contributed by atoms with E-state index in [2.05, 4.69) is 21.8 Å². The fourth-order valence-corrected chi connectivity index (χ4v) is 3.61. The zero-order valence-corrected chi connectivity index (χ0v) is 16.1. The molecule has 0 aliphatic carbocycles. The molecule has 0 saturated carbocycles. The molecule has 0 spiro atoms. The molecule has 1 atom stereocenters. The zero-order valence-electron chi connectivity index (χ0n) is 16.1. The van der Waals surface area contributed by atoms with E-state index in [1.165, 1.54) is 0 Å². The Balaban J connectivity index is 1.49. The Morgan fingerprint density at radius 2 is 2.04 bits per heavy atom. The van der Waals surface area contributed by atoms with Gasteiger partial charge in [-0.15, -0.1) is 0 Å². The molecule has 1 aliphatic rings. The molecule has 2 aromatic rings. The van der Waals surface area contributed by atoms with E-state index in [4.69, 9.17) is 0 Å². The summed E-state index contributed by atoms with van der Waals surface area (Å²) in [5.41, 5.74) is 1.74. The molecule has 1 unspecified atom stereocenters. The number of imidazole rings is 1. The summed E-state index contributed by atoms with van der Waals surface area (Å²) >= 11 is 0. The third kappa shape index (κ3) is 4.76. The van der Waals surface area contributed by atoms with Gasteiger partial charge in [0.05, 0.1) is 0 Å². The van der Waals surface area contributed by atoms with E-state index in [-0.39, 0.29) is 11.8 Å². The Labute approximate surface area is 160 Å². The van der Waals surface area contributed by atoms with Crippen molar-refractivity contribution < 1.29 is 9.59 Å². The number of hydrogen-bond acceptors (Lipinski definition) is 3. The van der Waals surface area contributed by atoms with Gasteiger partial charge in [0, 0.05) is 56.5 Å². The maximum atomic E-state index is 12.6. The van der Waals surface area contributed by atoms with Gasteiger partial charge in [0.1, 0.15) is 5.82 Å². The van der Waals surface area contributed by atoms with Crippen LogP contribution in [-0.2, 0) is 11.3 Å². The normalized spacial score (nSPS) is 17.0. The largest absolute Gasteiger partial charge is 0.352 e. The van der Waals surface area contributed by atoms with Gasteiger partial charge in [0.25, 0.3) is 5.91 Å². The topological polar surface area (TPSA) is 67.2 Å². The monoisotopic (exact) mass is 368 g/mol. The van der Waals surface area contributed by atoms with Crippen LogP contribution in [-0.4, -0.2) is 45.9 Å². The summed E-state index contributed by atoms with van der Waals surface area (Å²) in [6, 6.07) is 7.43. The predicted molar refractivity (Wildman–Crippen MR) is 105 cm³/mol. The summed E-state index contributed by atoms with van der Waals surface area (Å²) < 4.78 is 2.15. The first-order chi connectivity index (χ1) is 13.1. The molecular formula is C21H28N4O2. The molecule has 0 bridgehead atoms. The van der Waals surface area contributed by atoms with Crippen LogP contribution < -0.4 is 5.32 Å². The van der Waals surface area contributed by atoms with Crippen LogP contribution in [0.3, 0.4) is 0 Å². The number of carbonyl (C=O) groups is 2. The quantitative estimate of drug-likeness (QED) is 0.852. The van der Waals surface area contributed by atoms with Crippen molar-refractivity contribution in [2.24, 2.45) is 0 Å². The third-order valence-corrected chi connectivity index (χ3v) is 5.17. The van der Waals surface area contributed by atoms with Crippen molar-refractivity contribution in [2.45, 2.75) is 45.6 Å². The van der Waals surface area contributed by atoms with Crippen LogP contribution in [0, 0.1) is 6.92 Å². The summed E-state index contributed by atoms with van der Waals surface area (Å²) in [4.78, 5) is 31.1. The van der Waals surface area contributed by atoms with Crippen molar-refractivity contribution in [3.8, 4) is 0 Å². The lowest BCUT2D eigenvalue weighted by Crippen LogP contribution is -2.41. The van der Waals surface area contributed by atoms with Gasteiger partial charge in [-0.25, -0.2) is 4.98 Å². The van der Waals surface area contributed by atoms with Crippen LogP contribution in [0.4, 0.5) is 0 Å². The molecule has 1 fully saturated rings. The minimum Gasteiger partial charge on any atom is -0.352 e. The number of piperidine rings is 1. The Hall–Kier alpha value is -2.63. The third-order valence-electron chi connectivity index (χ3n) is 5.17. The first-order valence-electron chi connectivity index (χ1n) is 9.72. The van der Waals surface area contributed by atoms with Crippen LogP contribution >= 0.6 is 0 Å². The van der Waals surface area contributed by atoms with Gasteiger partial charge < -0.3 is 14.8 Å². The molecule has 1 aliphatic heterocycles. The van der Waals surface area contributed by atoms with Crippen molar-refractivity contribution in [1.82, 2.24) is 19.8 Å². The van der Waals surface area contributed by atoms with Crippen LogP contribution in [0.1, 0.15) is 53.8 Å². The van der Waals surface area contributed by atoms with Crippen LogP contribution in [0.5, 0.6) is 0 Å². The van der Waals surface area contributed by atoms with E-state index >= 15 is 0 Å². The molecule has 1 saturated heterocycles. The summed E-state index contributed by atoms with van der Waals surface area (Å²) in [7, 11) is 0. The maximum absolute atomic E-state index is 12.6. The first kappa shape index (κ1) is 19.1. The van der Waals surface area contributed by atoms with Crippen molar-refractivity contribution in [1.29, 1.82) is 0 Å². The number of rotatable bonds is 6. The van der Waals surface area contributed by atoms with Crippen LogP contribution in [0.2, 0.25) is 0 Å². The lowest BCUT2D eigenvalue weighted by Gasteiger charge is -2.32. The van der Waals surface area contributed by atoms with E-state index in [0.717, 1.165) is 37.3 Å². The molecule has 6 heteroatoms. The summed E-state index contributed by atoms with van der Waals surface area (Å²) in [5.74, 6) is 1.32. The van der Waals surface area contributed by atoms with Crippen molar-refractivity contribution in [2.75, 3.05) is 19.6 Å². The fraction of sp³-hybridized carbons (Fsp3) is 0.476. The Bertz CT molecular complexity index is 782. The smallest absolute Gasteiger partial charge is 0.251 e. The van der Waals surface area contributed by atoms with Crippen molar-refractivity contribution in [3.05, 3.63) is 53.6 Å². The van der Waals surface area contributed by atoms with E-state index in [9.17, 15) is 9.59 Å². The summed E-state index contributed by atoms with van der Waals surface area (Å²) in [5, 5.41) is 2.84. The second-order valence-corrected chi connectivity index (χ2v) is 7.12. The SMILES string of the molecule is CCn1ccnc1C1CCCN(C(=O)CCNC(=O)c2ccc(C)cc2)C1. The highest BCUT2D eigenvalue weighted by Crippen LogP contribution is 2.26. The number of amides is 2. The fourth-order valence-electron chi connectivity index (χ4n) is 3.61. The van der Waals surface area contributed by atoms with Crippen LogP contribution in [0.15, 0.2) is 36.7 Å². The molecule has 2 heterocycles. The average Bonchev–Trinajstić information content (AvgIpc) is 3.17. The Morgan fingerprint density at radius 1 is 1.26 bits per heavy atom. The molecule has 0 radical (unpaired) electrons. The second-order valence-electron chi connectivity index (χ2n) is 7.12. The van der Waals surface area contributed by atoms with Gasteiger partial charge in [0.15, 0.2) is 0 Å². The molecule has 27 heavy (non-hydrogen) atoms. The molecule has 1 aromatic heterocycles. The van der Waals surface area contributed by atoms with Crippen molar-refractivity contribution in [3.63, 3.8) is 0 Å². The van der Waals surface area contributed by atoms with Gasteiger partial charge in [-0.2, -0.15) is 0 Å². The number of carbonyl (C=O) groups excluding carboxylic acids is 2. The molecule has 1 N–H and O–H groups in total. The van der Waals surface area contributed by atoms with Gasteiger partial charge in [-0.3, -0.25) is 9.59 Å². The van der Waals surface area contributed by atoms with Gasteiger partial charge in [-0.05, 0) is 38.8 Å². The van der Waals surface area contributed by atoms with E-state index in [1.54, 1.807) is 12.1 Å². The zero-order chi connectivity index (χ0) is 19.2. The highest BCUT2D eigenvalue weighted by atomic mass is 16.2. The van der Waals surface area contributed by atoms with E-state index < -0.39 is 0 Å². The first-order valence-corrected chi connectivity index (χ1v) is 9.72. The Kier molecular flexibility index (Phi) is 6.27. The molecule has 3 rings (SSSR count).